The van der Waals surface area contributed by atoms with Crippen LogP contribution in [-0.2, 0) is 11.2 Å². The minimum Gasteiger partial charge on any atom is -0.497 e. The number of nitrogens with one attached hydrogen (secondary N) is 1. The second-order valence-electron chi connectivity index (χ2n) is 7.91. The Hall–Kier alpha value is -3.74. The molecular formula is C26H27NO6. The number of fused-ring (bicyclic) bond motifs is 1. The Morgan fingerprint density at radius 3 is 2.52 bits per heavy atom. The van der Waals surface area contributed by atoms with Gasteiger partial charge in [0, 0.05) is 29.2 Å². The van der Waals surface area contributed by atoms with Crippen LogP contribution in [0.4, 0.5) is 0 Å². The molecule has 0 amide bonds. The molecule has 0 saturated heterocycles. The summed E-state index contributed by atoms with van der Waals surface area (Å²) in [6.07, 6.45) is 0.907. The second kappa shape index (κ2) is 9.81. The van der Waals surface area contributed by atoms with Crippen LogP contribution in [0.2, 0.25) is 0 Å². The maximum atomic E-state index is 13.0. The molecule has 172 valence electrons. The lowest BCUT2D eigenvalue weighted by atomic mass is 9.81. The summed E-state index contributed by atoms with van der Waals surface area (Å²) in [5, 5.41) is 0. The third-order valence-electron chi connectivity index (χ3n) is 5.90. The lowest BCUT2D eigenvalue weighted by Gasteiger charge is -2.24. The number of methoxy groups -OCH3 is 2. The number of carbonyl (C=O) groups excluding carboxylic acids is 2. The number of rotatable bonds is 8. The highest BCUT2D eigenvalue weighted by Gasteiger charge is 2.33. The number of esters is 1. The van der Waals surface area contributed by atoms with Crippen LogP contribution in [0.25, 0.3) is 0 Å². The highest BCUT2D eigenvalue weighted by molar-refractivity contribution is 6.03. The van der Waals surface area contributed by atoms with Crippen molar-refractivity contribution in [3.8, 4) is 17.2 Å². The van der Waals surface area contributed by atoms with Crippen molar-refractivity contribution in [1.29, 1.82) is 0 Å². The fourth-order valence-corrected chi connectivity index (χ4v) is 4.30. The predicted octanol–water partition coefficient (Wildman–Crippen LogP) is 4.49. The van der Waals surface area contributed by atoms with Crippen molar-refractivity contribution < 1.29 is 28.5 Å². The number of H-pyrrole nitrogens is 1. The highest BCUT2D eigenvalue weighted by Crippen LogP contribution is 2.40. The van der Waals surface area contributed by atoms with Crippen molar-refractivity contribution in [1.82, 2.24) is 4.98 Å². The summed E-state index contributed by atoms with van der Waals surface area (Å²) < 4.78 is 21.8. The molecule has 1 aromatic heterocycles. The fraction of sp³-hybridized carbons (Fsp3) is 0.308. The van der Waals surface area contributed by atoms with Crippen molar-refractivity contribution in [2.45, 2.75) is 25.7 Å². The molecule has 0 bridgehead atoms. The van der Waals surface area contributed by atoms with E-state index < -0.39 is 5.97 Å². The van der Waals surface area contributed by atoms with Crippen molar-refractivity contribution in [3.05, 3.63) is 76.6 Å². The molecule has 0 spiro atoms. The number of ether oxygens (including phenoxy) is 4. The average molecular weight is 450 g/mol. The number of benzene rings is 2. The van der Waals surface area contributed by atoms with Gasteiger partial charge in [-0.25, -0.2) is 4.79 Å². The van der Waals surface area contributed by atoms with E-state index in [4.69, 9.17) is 18.9 Å². The zero-order chi connectivity index (χ0) is 23.4. The topological polar surface area (TPSA) is 86.9 Å². The van der Waals surface area contributed by atoms with E-state index in [1.54, 1.807) is 21.1 Å². The van der Waals surface area contributed by atoms with E-state index >= 15 is 0 Å². The van der Waals surface area contributed by atoms with Crippen molar-refractivity contribution in [3.63, 3.8) is 0 Å². The van der Waals surface area contributed by atoms with Gasteiger partial charge in [-0.1, -0.05) is 18.2 Å². The number of aromatic amines is 1. The van der Waals surface area contributed by atoms with Gasteiger partial charge in [0.25, 0.3) is 0 Å². The molecule has 1 aliphatic carbocycles. The largest absolute Gasteiger partial charge is 0.497 e. The first-order valence-corrected chi connectivity index (χ1v) is 10.8. The smallest absolute Gasteiger partial charge is 0.355 e. The van der Waals surface area contributed by atoms with Gasteiger partial charge in [0.1, 0.15) is 36.2 Å². The summed E-state index contributed by atoms with van der Waals surface area (Å²) >= 11 is 0. The van der Waals surface area contributed by atoms with Crippen LogP contribution >= 0.6 is 0 Å². The van der Waals surface area contributed by atoms with E-state index in [0.29, 0.717) is 46.9 Å². The quantitative estimate of drug-likeness (QED) is 0.403. The number of hydrogen-bond donors (Lipinski definition) is 1. The molecule has 4 rings (SSSR count). The van der Waals surface area contributed by atoms with Gasteiger partial charge in [0.2, 0.25) is 0 Å². The lowest BCUT2D eigenvalue weighted by Crippen LogP contribution is -2.19. The fourth-order valence-electron chi connectivity index (χ4n) is 4.30. The van der Waals surface area contributed by atoms with Gasteiger partial charge < -0.3 is 23.9 Å². The molecule has 0 radical (unpaired) electrons. The van der Waals surface area contributed by atoms with E-state index in [9.17, 15) is 9.59 Å². The molecule has 0 aliphatic heterocycles. The normalized spacial score (nSPS) is 15.0. The van der Waals surface area contributed by atoms with E-state index in [2.05, 4.69) is 4.98 Å². The number of aromatic nitrogens is 1. The molecule has 1 unspecified atom stereocenters. The highest BCUT2D eigenvalue weighted by atomic mass is 16.6. The molecule has 1 heterocycles. The van der Waals surface area contributed by atoms with E-state index in [1.807, 2.05) is 48.5 Å². The molecule has 1 N–H and O–H groups in total. The van der Waals surface area contributed by atoms with Crippen molar-refractivity contribution in [2.75, 3.05) is 27.4 Å². The van der Waals surface area contributed by atoms with Gasteiger partial charge in [0.15, 0.2) is 5.78 Å². The Kier molecular flexibility index (Phi) is 6.68. The first-order valence-electron chi connectivity index (χ1n) is 10.8. The number of para-hydroxylation sites is 1. The van der Waals surface area contributed by atoms with Gasteiger partial charge in [-0.3, -0.25) is 4.79 Å². The first-order chi connectivity index (χ1) is 16.0. The summed E-state index contributed by atoms with van der Waals surface area (Å²) in [5.74, 6) is 1.53. The predicted molar refractivity (Wildman–Crippen MR) is 123 cm³/mol. The number of carbonyl (C=O) groups is 2. The summed E-state index contributed by atoms with van der Waals surface area (Å²) in [6.45, 7) is 2.12. The average Bonchev–Trinajstić information content (AvgIpc) is 3.18. The van der Waals surface area contributed by atoms with Gasteiger partial charge in [-0.15, -0.1) is 0 Å². The maximum Gasteiger partial charge on any atom is 0.355 e. The molecule has 0 saturated carbocycles. The summed E-state index contributed by atoms with van der Waals surface area (Å²) in [5.41, 5.74) is 3.17. The Morgan fingerprint density at radius 2 is 1.79 bits per heavy atom. The van der Waals surface area contributed by atoms with Crippen molar-refractivity contribution in [2.24, 2.45) is 0 Å². The van der Waals surface area contributed by atoms with Crippen LogP contribution in [0, 0.1) is 6.92 Å². The van der Waals surface area contributed by atoms with Crippen LogP contribution < -0.4 is 14.2 Å². The monoisotopic (exact) mass is 449 g/mol. The van der Waals surface area contributed by atoms with Gasteiger partial charge in [-0.2, -0.15) is 0 Å². The Labute approximate surface area is 192 Å². The van der Waals surface area contributed by atoms with Gasteiger partial charge in [0.05, 0.1) is 14.2 Å². The van der Waals surface area contributed by atoms with E-state index in [0.717, 1.165) is 11.3 Å². The Morgan fingerprint density at radius 1 is 1.00 bits per heavy atom. The summed E-state index contributed by atoms with van der Waals surface area (Å²) in [7, 11) is 3.21. The van der Waals surface area contributed by atoms with Crippen LogP contribution in [0.3, 0.4) is 0 Å². The van der Waals surface area contributed by atoms with Crippen LogP contribution in [0.1, 0.15) is 50.0 Å². The number of ketones is 1. The zero-order valence-electron chi connectivity index (χ0n) is 19.0. The second-order valence-corrected chi connectivity index (χ2v) is 7.91. The summed E-state index contributed by atoms with van der Waals surface area (Å²) in [4.78, 5) is 28.9. The maximum absolute atomic E-state index is 13.0. The minimum absolute atomic E-state index is 0.00802. The Bertz CT molecular complexity index is 1150. The molecule has 0 fully saturated rings. The van der Waals surface area contributed by atoms with Crippen LogP contribution in [0.5, 0.6) is 17.2 Å². The molecule has 1 aliphatic rings. The van der Waals surface area contributed by atoms with E-state index in [1.165, 1.54) is 0 Å². The molecule has 33 heavy (non-hydrogen) atoms. The minimum atomic E-state index is -0.498. The third kappa shape index (κ3) is 4.72. The van der Waals surface area contributed by atoms with Crippen LogP contribution in [0.15, 0.2) is 48.5 Å². The standard InChI is InChI=1S/C26H27NO6/c1-16-24-21(27-25(16)26(29)33-12-11-32-18-7-5-4-6-8-18)13-17(14-22(24)28)20-15-19(30-2)9-10-23(20)31-3/h4-10,15,17,27H,11-14H2,1-3H3. The molecule has 7 nitrogen and oxygen atoms in total. The number of hydrogen-bond acceptors (Lipinski definition) is 6. The molecule has 7 heteroatoms. The third-order valence-corrected chi connectivity index (χ3v) is 5.90. The van der Waals surface area contributed by atoms with Gasteiger partial charge in [-0.05, 0) is 49.2 Å². The SMILES string of the molecule is COc1ccc(OC)c(C2CC(=O)c3c([nH]c(C(=O)OCCOc4ccccc4)c3C)C2)c1. The van der Waals surface area contributed by atoms with Crippen LogP contribution in [-0.4, -0.2) is 44.2 Å². The zero-order valence-corrected chi connectivity index (χ0v) is 19.0. The lowest BCUT2D eigenvalue weighted by molar-refractivity contribution is 0.0443. The molecule has 3 aromatic rings. The molecule has 1 atom stereocenters. The number of Topliss-reactive ketones (excluding diaryl/α,β-unsaturated/α-hetero) is 1. The molecule has 2 aromatic carbocycles. The van der Waals surface area contributed by atoms with Crippen molar-refractivity contribution >= 4 is 11.8 Å². The van der Waals surface area contributed by atoms with E-state index in [-0.39, 0.29) is 24.9 Å². The first kappa shape index (κ1) is 22.5. The van der Waals surface area contributed by atoms with Gasteiger partial charge >= 0.3 is 5.97 Å². The summed E-state index contributed by atoms with van der Waals surface area (Å²) in [6, 6.07) is 14.9. The Balaban J connectivity index is 1.47. The molecular weight excluding hydrogens is 422 g/mol.